The van der Waals surface area contributed by atoms with Crippen molar-refractivity contribution in [2.45, 2.75) is 96.7 Å². The lowest BCUT2D eigenvalue weighted by molar-refractivity contribution is -0.890. The van der Waals surface area contributed by atoms with Crippen molar-refractivity contribution in [3.63, 3.8) is 0 Å². The van der Waals surface area contributed by atoms with E-state index in [9.17, 15) is 5.11 Å². The third-order valence-corrected chi connectivity index (χ3v) is 5.38. The van der Waals surface area contributed by atoms with Crippen LogP contribution in [0.25, 0.3) is 0 Å². The SMILES string of the molecule is CCCCCCCCCCCCCC[N+](C)(C)CCCOC(O)C(C#N)C#N. The lowest BCUT2D eigenvalue weighted by Gasteiger charge is -2.30. The Morgan fingerprint density at radius 1 is 0.750 bits per heavy atom. The van der Waals surface area contributed by atoms with E-state index in [-0.39, 0.29) is 0 Å². The van der Waals surface area contributed by atoms with Crippen molar-refractivity contribution in [3.8, 4) is 12.1 Å². The molecule has 0 heterocycles. The van der Waals surface area contributed by atoms with Crippen LogP contribution >= 0.6 is 0 Å². The molecule has 0 aliphatic heterocycles. The first-order valence-corrected chi connectivity index (χ1v) is 11.4. The summed E-state index contributed by atoms with van der Waals surface area (Å²) in [5.74, 6) is -1.11. The van der Waals surface area contributed by atoms with Gasteiger partial charge in [0.25, 0.3) is 0 Å². The van der Waals surface area contributed by atoms with Crippen molar-refractivity contribution in [1.82, 2.24) is 0 Å². The second-order valence-corrected chi connectivity index (χ2v) is 8.62. The van der Waals surface area contributed by atoms with Crippen molar-refractivity contribution in [2.24, 2.45) is 5.92 Å². The van der Waals surface area contributed by atoms with Crippen LogP contribution in [0.4, 0.5) is 0 Å². The lowest BCUT2D eigenvalue weighted by atomic mass is 10.1. The summed E-state index contributed by atoms with van der Waals surface area (Å²) in [5.41, 5.74) is 0. The lowest BCUT2D eigenvalue weighted by Crippen LogP contribution is -2.41. The summed E-state index contributed by atoms with van der Waals surface area (Å²) in [6.45, 7) is 4.76. The largest absolute Gasteiger partial charge is 0.366 e. The Hall–Kier alpha value is -1.14. The molecule has 0 bridgehead atoms. The summed E-state index contributed by atoms with van der Waals surface area (Å²) >= 11 is 0. The van der Waals surface area contributed by atoms with E-state index in [0.717, 1.165) is 24.0 Å². The molecule has 162 valence electrons. The first kappa shape index (κ1) is 26.9. The number of aliphatic hydroxyl groups excluding tert-OH is 1. The van der Waals surface area contributed by atoms with Gasteiger partial charge in [0.05, 0.1) is 45.9 Å². The highest BCUT2D eigenvalue weighted by molar-refractivity contribution is 5.00. The standard InChI is InChI=1S/C23H44N3O2/c1-4-5-6-7-8-9-10-11-12-13-14-15-17-26(2,3)18-16-19-28-23(27)22(20-24)21-25/h22-23,27H,4-19H2,1-3H3/q+1. The molecule has 1 N–H and O–H groups in total. The first-order chi connectivity index (χ1) is 13.5. The number of nitriles is 2. The average Bonchev–Trinajstić information content (AvgIpc) is 2.67. The van der Waals surface area contributed by atoms with Crippen LogP contribution in [-0.2, 0) is 4.74 Å². The van der Waals surface area contributed by atoms with Crippen LogP contribution in [-0.4, -0.2) is 49.7 Å². The van der Waals surface area contributed by atoms with Gasteiger partial charge in [0, 0.05) is 6.42 Å². The van der Waals surface area contributed by atoms with Gasteiger partial charge >= 0.3 is 0 Å². The maximum Gasteiger partial charge on any atom is 0.183 e. The van der Waals surface area contributed by atoms with E-state index in [0.29, 0.717) is 6.61 Å². The highest BCUT2D eigenvalue weighted by Gasteiger charge is 2.19. The summed E-state index contributed by atoms with van der Waals surface area (Å²) in [5, 5.41) is 27.0. The van der Waals surface area contributed by atoms with Crippen molar-refractivity contribution in [2.75, 3.05) is 33.8 Å². The molecule has 0 rings (SSSR count). The highest BCUT2D eigenvalue weighted by Crippen LogP contribution is 2.13. The van der Waals surface area contributed by atoms with Crippen molar-refractivity contribution >= 4 is 0 Å². The number of ether oxygens (including phenoxy) is 1. The fourth-order valence-corrected chi connectivity index (χ4v) is 3.44. The minimum absolute atomic E-state index is 0.376. The zero-order valence-electron chi connectivity index (χ0n) is 18.7. The molecule has 0 spiro atoms. The number of hydrogen-bond acceptors (Lipinski definition) is 4. The third kappa shape index (κ3) is 15.9. The Morgan fingerprint density at radius 2 is 1.18 bits per heavy atom. The molecule has 28 heavy (non-hydrogen) atoms. The van der Waals surface area contributed by atoms with Crippen LogP contribution < -0.4 is 0 Å². The molecule has 0 aliphatic rings. The second kappa shape index (κ2) is 17.9. The summed E-state index contributed by atoms with van der Waals surface area (Å²) in [6, 6.07) is 3.47. The Morgan fingerprint density at radius 3 is 1.64 bits per heavy atom. The van der Waals surface area contributed by atoms with Crippen molar-refractivity contribution in [3.05, 3.63) is 0 Å². The van der Waals surface area contributed by atoms with E-state index in [2.05, 4.69) is 21.0 Å². The molecule has 5 heteroatoms. The third-order valence-electron chi connectivity index (χ3n) is 5.38. The molecule has 1 unspecified atom stereocenters. The van der Waals surface area contributed by atoms with Gasteiger partial charge in [0.2, 0.25) is 0 Å². The summed E-state index contributed by atoms with van der Waals surface area (Å²) in [7, 11) is 4.45. The topological polar surface area (TPSA) is 77.0 Å². The minimum Gasteiger partial charge on any atom is -0.366 e. The molecule has 5 nitrogen and oxygen atoms in total. The molecule has 0 aliphatic carbocycles. The number of nitrogens with zero attached hydrogens (tertiary/aromatic N) is 3. The Balaban J connectivity index is 3.53. The van der Waals surface area contributed by atoms with E-state index in [1.807, 2.05) is 0 Å². The minimum atomic E-state index is -1.30. The van der Waals surface area contributed by atoms with Gasteiger partial charge in [-0.05, 0) is 12.8 Å². The van der Waals surface area contributed by atoms with Crippen LogP contribution in [0.3, 0.4) is 0 Å². The van der Waals surface area contributed by atoms with E-state index in [4.69, 9.17) is 15.3 Å². The average molecular weight is 395 g/mol. The van der Waals surface area contributed by atoms with Gasteiger partial charge in [-0.15, -0.1) is 0 Å². The van der Waals surface area contributed by atoms with Gasteiger partial charge in [-0.1, -0.05) is 71.1 Å². The number of quaternary nitrogens is 1. The van der Waals surface area contributed by atoms with Crippen LogP contribution in [0.15, 0.2) is 0 Å². The number of aliphatic hydroxyl groups is 1. The summed E-state index contributed by atoms with van der Waals surface area (Å²) in [4.78, 5) is 0. The number of rotatable bonds is 19. The summed E-state index contributed by atoms with van der Waals surface area (Å²) in [6.07, 6.45) is 15.9. The van der Waals surface area contributed by atoms with E-state index in [1.54, 1.807) is 12.1 Å². The molecule has 0 aromatic heterocycles. The molecule has 0 saturated carbocycles. The molecule has 0 aromatic rings. The fraction of sp³-hybridized carbons (Fsp3) is 0.913. The molecule has 0 aromatic carbocycles. The number of hydrogen-bond donors (Lipinski definition) is 1. The van der Waals surface area contributed by atoms with Crippen molar-refractivity contribution in [1.29, 1.82) is 10.5 Å². The zero-order valence-corrected chi connectivity index (χ0v) is 18.7. The van der Waals surface area contributed by atoms with Gasteiger partial charge in [0.1, 0.15) is 0 Å². The van der Waals surface area contributed by atoms with E-state index < -0.39 is 12.2 Å². The highest BCUT2D eigenvalue weighted by atomic mass is 16.6. The Kier molecular flexibility index (Phi) is 17.2. The van der Waals surface area contributed by atoms with E-state index in [1.165, 1.54) is 77.0 Å². The van der Waals surface area contributed by atoms with Gasteiger partial charge in [-0.2, -0.15) is 10.5 Å². The van der Waals surface area contributed by atoms with E-state index >= 15 is 0 Å². The molecule has 1 atom stereocenters. The Labute approximate surface area is 173 Å². The zero-order chi connectivity index (χ0) is 21.1. The van der Waals surface area contributed by atoms with Gasteiger partial charge in [-0.25, -0.2) is 0 Å². The normalized spacial score (nSPS) is 12.7. The molecular formula is C23H44N3O2+. The molecular weight excluding hydrogens is 350 g/mol. The van der Waals surface area contributed by atoms with Crippen LogP contribution in [0.2, 0.25) is 0 Å². The second-order valence-electron chi connectivity index (χ2n) is 8.62. The molecule has 0 radical (unpaired) electrons. The van der Waals surface area contributed by atoms with Gasteiger partial charge in [0.15, 0.2) is 12.2 Å². The van der Waals surface area contributed by atoms with Crippen LogP contribution in [0, 0.1) is 28.6 Å². The quantitative estimate of drug-likeness (QED) is 0.187. The number of unbranched alkanes of at least 4 members (excludes halogenated alkanes) is 11. The van der Waals surface area contributed by atoms with Crippen molar-refractivity contribution < 1.29 is 14.3 Å². The maximum absolute atomic E-state index is 9.59. The first-order valence-electron chi connectivity index (χ1n) is 11.4. The molecule has 0 fully saturated rings. The smallest absolute Gasteiger partial charge is 0.183 e. The Bertz CT molecular complexity index is 426. The molecule has 0 saturated heterocycles. The predicted octanol–water partition coefficient (Wildman–Crippen LogP) is 5.15. The maximum atomic E-state index is 9.59. The van der Waals surface area contributed by atoms with Crippen LogP contribution in [0.5, 0.6) is 0 Å². The van der Waals surface area contributed by atoms with Gasteiger partial charge in [-0.3, -0.25) is 0 Å². The summed E-state index contributed by atoms with van der Waals surface area (Å²) < 4.78 is 6.14. The van der Waals surface area contributed by atoms with Gasteiger partial charge < -0.3 is 14.3 Å². The fourth-order valence-electron chi connectivity index (χ4n) is 3.44. The monoisotopic (exact) mass is 394 g/mol. The predicted molar refractivity (Wildman–Crippen MR) is 114 cm³/mol. The molecule has 0 amide bonds. The van der Waals surface area contributed by atoms with Crippen LogP contribution in [0.1, 0.15) is 90.4 Å².